The average molecular weight is 476 g/mol. The lowest BCUT2D eigenvalue weighted by atomic mass is 10.1. The summed E-state index contributed by atoms with van der Waals surface area (Å²) in [5.74, 6) is 1.17. The number of amides is 1. The van der Waals surface area contributed by atoms with Crippen molar-refractivity contribution in [2.24, 2.45) is 0 Å². The smallest absolute Gasteiger partial charge is 0.227 e. The van der Waals surface area contributed by atoms with Crippen LogP contribution in [-0.4, -0.2) is 62.4 Å². The van der Waals surface area contributed by atoms with Gasteiger partial charge >= 0.3 is 0 Å². The van der Waals surface area contributed by atoms with E-state index in [-0.39, 0.29) is 10.8 Å². The molecule has 4 rings (SSSR count). The van der Waals surface area contributed by atoms with E-state index in [0.29, 0.717) is 38.1 Å². The Morgan fingerprint density at radius 1 is 1.10 bits per heavy atom. The van der Waals surface area contributed by atoms with Gasteiger partial charge in [0.2, 0.25) is 5.91 Å². The van der Waals surface area contributed by atoms with E-state index in [1.54, 1.807) is 23.9 Å². The Labute approximate surface area is 191 Å². The summed E-state index contributed by atoms with van der Waals surface area (Å²) >= 11 is 3.29. The van der Waals surface area contributed by atoms with E-state index >= 15 is 0 Å². The molecule has 0 spiro atoms. The Balaban J connectivity index is 1.40. The SMILES string of the molecule is CCSc1ccc(CC(=O)N2CCN(c3nc4c(S(C)(=O)=O)cccc4s3)CC2)cc1. The standard InChI is InChI=1S/C22H25N3O3S3/c1-3-29-17-9-7-16(8-10-17)15-20(26)24-11-13-25(14-12-24)22-23-21-18(30-22)5-4-6-19(21)31(2,27)28/h4-10H,3,11-15H2,1-2H3. The van der Waals surface area contributed by atoms with Gasteiger partial charge in [-0.05, 0) is 35.6 Å². The van der Waals surface area contributed by atoms with Crippen LogP contribution in [0.4, 0.5) is 5.13 Å². The number of rotatable bonds is 6. The zero-order valence-electron chi connectivity index (χ0n) is 17.6. The summed E-state index contributed by atoms with van der Waals surface area (Å²) in [5, 5.41) is 0.808. The van der Waals surface area contributed by atoms with E-state index < -0.39 is 9.84 Å². The Bertz CT molecular complexity index is 1180. The molecule has 1 fully saturated rings. The number of nitrogens with zero attached hydrogens (tertiary/aromatic N) is 3. The molecule has 1 aliphatic rings. The first-order valence-electron chi connectivity index (χ1n) is 10.2. The minimum atomic E-state index is -3.33. The number of benzene rings is 2. The van der Waals surface area contributed by atoms with E-state index in [0.717, 1.165) is 21.1 Å². The largest absolute Gasteiger partial charge is 0.345 e. The fourth-order valence-electron chi connectivity index (χ4n) is 3.65. The van der Waals surface area contributed by atoms with Gasteiger partial charge in [0.05, 0.1) is 16.0 Å². The highest BCUT2D eigenvalue weighted by Gasteiger charge is 2.24. The molecule has 9 heteroatoms. The maximum absolute atomic E-state index is 12.7. The van der Waals surface area contributed by atoms with Crippen LogP contribution in [0, 0.1) is 0 Å². The van der Waals surface area contributed by atoms with Gasteiger partial charge in [-0.3, -0.25) is 4.79 Å². The lowest BCUT2D eigenvalue weighted by Gasteiger charge is -2.34. The summed E-state index contributed by atoms with van der Waals surface area (Å²) in [7, 11) is -3.33. The number of carbonyl (C=O) groups excluding carboxylic acids is 1. The van der Waals surface area contributed by atoms with Gasteiger partial charge in [0, 0.05) is 37.3 Å². The van der Waals surface area contributed by atoms with Crippen molar-refractivity contribution in [1.82, 2.24) is 9.88 Å². The number of thiazole rings is 1. The molecular weight excluding hydrogens is 450 g/mol. The highest BCUT2D eigenvalue weighted by Crippen LogP contribution is 2.33. The molecule has 3 aromatic rings. The van der Waals surface area contributed by atoms with Crippen LogP contribution in [0.3, 0.4) is 0 Å². The predicted octanol–water partition coefficient (Wildman–Crippen LogP) is 3.70. The molecule has 1 aromatic heterocycles. The van der Waals surface area contributed by atoms with Crippen molar-refractivity contribution in [2.45, 2.75) is 23.1 Å². The van der Waals surface area contributed by atoms with Crippen molar-refractivity contribution >= 4 is 54.2 Å². The van der Waals surface area contributed by atoms with Crippen LogP contribution in [0.2, 0.25) is 0 Å². The molecule has 1 saturated heterocycles. The number of para-hydroxylation sites is 1. The molecule has 0 atom stereocenters. The summed E-state index contributed by atoms with van der Waals surface area (Å²) in [4.78, 5) is 22.9. The van der Waals surface area contributed by atoms with Crippen molar-refractivity contribution < 1.29 is 13.2 Å². The van der Waals surface area contributed by atoms with Crippen LogP contribution in [0.1, 0.15) is 12.5 Å². The van der Waals surface area contributed by atoms with Crippen LogP contribution < -0.4 is 4.90 Å². The van der Waals surface area contributed by atoms with Crippen LogP contribution in [-0.2, 0) is 21.1 Å². The third-order valence-corrected chi connectivity index (χ3v) is 8.37. The average Bonchev–Trinajstić information content (AvgIpc) is 3.19. The number of hydrogen-bond acceptors (Lipinski definition) is 7. The van der Waals surface area contributed by atoms with Gasteiger partial charge in [0.15, 0.2) is 15.0 Å². The number of carbonyl (C=O) groups is 1. The van der Waals surface area contributed by atoms with E-state index in [9.17, 15) is 13.2 Å². The van der Waals surface area contributed by atoms with Gasteiger partial charge in [-0.2, -0.15) is 0 Å². The molecule has 0 saturated carbocycles. The van der Waals surface area contributed by atoms with Gasteiger partial charge in [-0.25, -0.2) is 13.4 Å². The predicted molar refractivity (Wildman–Crippen MR) is 128 cm³/mol. The van der Waals surface area contributed by atoms with Crippen LogP contribution in [0.5, 0.6) is 0 Å². The fraction of sp³-hybridized carbons (Fsp3) is 0.364. The van der Waals surface area contributed by atoms with Crippen LogP contribution >= 0.6 is 23.1 Å². The zero-order valence-corrected chi connectivity index (χ0v) is 20.0. The molecule has 6 nitrogen and oxygen atoms in total. The molecule has 0 radical (unpaired) electrons. The van der Waals surface area contributed by atoms with Crippen LogP contribution in [0.15, 0.2) is 52.3 Å². The third kappa shape index (κ3) is 5.05. The van der Waals surface area contributed by atoms with E-state index in [4.69, 9.17) is 0 Å². The van der Waals surface area contributed by atoms with Crippen molar-refractivity contribution in [3.8, 4) is 0 Å². The van der Waals surface area contributed by atoms with E-state index in [1.165, 1.54) is 22.5 Å². The summed E-state index contributed by atoms with van der Waals surface area (Å²) < 4.78 is 25.0. The van der Waals surface area contributed by atoms with Crippen molar-refractivity contribution in [1.29, 1.82) is 0 Å². The summed E-state index contributed by atoms with van der Waals surface area (Å²) in [6.07, 6.45) is 1.62. The maximum Gasteiger partial charge on any atom is 0.227 e. The Hall–Kier alpha value is -2.10. The highest BCUT2D eigenvalue weighted by molar-refractivity contribution is 7.99. The second kappa shape index (κ2) is 9.18. The van der Waals surface area contributed by atoms with Gasteiger partial charge in [0.25, 0.3) is 0 Å². The first-order valence-corrected chi connectivity index (χ1v) is 13.9. The van der Waals surface area contributed by atoms with E-state index in [2.05, 4.69) is 28.9 Å². The quantitative estimate of drug-likeness (QED) is 0.506. The third-order valence-electron chi connectivity index (χ3n) is 5.26. The summed E-state index contributed by atoms with van der Waals surface area (Å²) in [6, 6.07) is 13.5. The van der Waals surface area contributed by atoms with Gasteiger partial charge in [-0.1, -0.05) is 36.5 Å². The number of hydrogen-bond donors (Lipinski definition) is 0. The molecule has 2 heterocycles. The molecule has 2 aromatic carbocycles. The minimum absolute atomic E-state index is 0.138. The number of sulfone groups is 1. The van der Waals surface area contributed by atoms with Gasteiger partial charge in [0.1, 0.15) is 5.52 Å². The Kier molecular flexibility index (Phi) is 6.55. The minimum Gasteiger partial charge on any atom is -0.345 e. The highest BCUT2D eigenvalue weighted by atomic mass is 32.2. The first-order chi connectivity index (χ1) is 14.8. The number of thioether (sulfide) groups is 1. The topological polar surface area (TPSA) is 70.6 Å². The molecule has 0 unspecified atom stereocenters. The number of anilines is 1. The second-order valence-electron chi connectivity index (χ2n) is 7.49. The second-order valence-corrected chi connectivity index (χ2v) is 11.8. The molecule has 0 aliphatic carbocycles. The zero-order chi connectivity index (χ0) is 22.0. The molecule has 0 bridgehead atoms. The van der Waals surface area contributed by atoms with Crippen molar-refractivity contribution in [3.05, 3.63) is 48.0 Å². The lowest BCUT2D eigenvalue weighted by Crippen LogP contribution is -2.49. The van der Waals surface area contributed by atoms with Crippen molar-refractivity contribution in [3.63, 3.8) is 0 Å². The van der Waals surface area contributed by atoms with Crippen LogP contribution in [0.25, 0.3) is 10.2 Å². The number of fused-ring (bicyclic) bond motifs is 1. The number of aromatic nitrogens is 1. The monoisotopic (exact) mass is 475 g/mol. The van der Waals surface area contributed by atoms with Gasteiger partial charge < -0.3 is 9.80 Å². The summed E-state index contributed by atoms with van der Waals surface area (Å²) in [5.41, 5.74) is 1.57. The normalized spacial score (nSPS) is 14.9. The first kappa shape index (κ1) is 22.1. The molecule has 1 amide bonds. The Morgan fingerprint density at radius 3 is 2.45 bits per heavy atom. The Morgan fingerprint density at radius 2 is 1.81 bits per heavy atom. The van der Waals surface area contributed by atoms with E-state index in [1.807, 2.05) is 23.1 Å². The van der Waals surface area contributed by atoms with Gasteiger partial charge in [-0.15, -0.1) is 11.8 Å². The molecule has 31 heavy (non-hydrogen) atoms. The van der Waals surface area contributed by atoms with Crippen molar-refractivity contribution in [2.75, 3.05) is 43.1 Å². The molecule has 1 aliphatic heterocycles. The summed E-state index contributed by atoms with van der Waals surface area (Å²) in [6.45, 7) is 4.77. The molecule has 0 N–H and O–H groups in total. The maximum atomic E-state index is 12.7. The molecule has 164 valence electrons. The lowest BCUT2D eigenvalue weighted by molar-refractivity contribution is -0.130. The number of piperazine rings is 1. The fourth-order valence-corrected chi connectivity index (χ4v) is 6.25. The molecular formula is C22H25N3O3S3.